The number of hydrogen-bond donors (Lipinski definition) is 0. The molecule has 1 aliphatic carbocycles. The van der Waals surface area contributed by atoms with Crippen LogP contribution in [-0.2, 0) is 21.7 Å². The van der Waals surface area contributed by atoms with Crippen LogP contribution < -0.4 is 35.2 Å². The second-order valence-electron chi connectivity index (χ2n) is 6.98. The summed E-state index contributed by atoms with van der Waals surface area (Å²) in [7, 11) is -1.30. The third-order valence-electron chi connectivity index (χ3n) is 6.15. The van der Waals surface area contributed by atoms with E-state index in [1.54, 1.807) is 21.5 Å². The van der Waals surface area contributed by atoms with Gasteiger partial charge in [0.2, 0.25) is 0 Å². The van der Waals surface area contributed by atoms with E-state index < -0.39 is 8.07 Å². The largest absolute Gasteiger partial charge is 3.00 e. The monoisotopic (exact) mass is 431 g/mol. The van der Waals surface area contributed by atoms with Crippen molar-refractivity contribution in [3.05, 3.63) is 60.2 Å². The normalized spacial score (nSPS) is 15.7. The molecule has 0 saturated heterocycles. The summed E-state index contributed by atoms with van der Waals surface area (Å²) in [4.78, 5) is 0. The van der Waals surface area contributed by atoms with Crippen LogP contribution in [0.1, 0.15) is 25.8 Å². The van der Waals surface area contributed by atoms with Crippen LogP contribution >= 0.6 is 0 Å². The minimum atomic E-state index is -1.30. The van der Waals surface area contributed by atoms with Crippen molar-refractivity contribution in [1.29, 1.82) is 0 Å². The predicted molar refractivity (Wildman–Crippen MR) is 105 cm³/mol. The van der Waals surface area contributed by atoms with E-state index in [4.69, 9.17) is 0 Å². The Balaban J connectivity index is 0.000000810. The van der Waals surface area contributed by atoms with Gasteiger partial charge in [0.15, 0.2) is 0 Å². The van der Waals surface area contributed by atoms with Crippen LogP contribution in [0.2, 0.25) is 12.1 Å². The van der Waals surface area contributed by atoms with E-state index in [0.717, 1.165) is 6.42 Å². The third kappa shape index (κ3) is 2.72. The number of hydrogen-bond acceptors (Lipinski definition) is 0. The molecular formula is C22H21Cl2SiTi. The van der Waals surface area contributed by atoms with E-state index in [0.29, 0.717) is 0 Å². The molecule has 0 fully saturated rings. The number of fused-ring (bicyclic) bond motifs is 4. The van der Waals surface area contributed by atoms with Gasteiger partial charge in [-0.25, -0.2) is 0 Å². The van der Waals surface area contributed by atoms with E-state index in [9.17, 15) is 0 Å². The Morgan fingerprint density at radius 2 is 1.77 bits per heavy atom. The van der Waals surface area contributed by atoms with Crippen LogP contribution in [-0.4, -0.2) is 8.07 Å². The van der Waals surface area contributed by atoms with Gasteiger partial charge in [0.05, 0.1) is 0 Å². The van der Waals surface area contributed by atoms with Gasteiger partial charge in [-0.1, -0.05) is 89.9 Å². The molecule has 0 bridgehead atoms. The Bertz CT molecular complexity index is 1030. The molecular weight excluding hydrogens is 411 g/mol. The van der Waals surface area contributed by atoms with Crippen LogP contribution in [0.15, 0.2) is 54.6 Å². The minimum Gasteiger partial charge on any atom is -1.00 e. The maximum atomic E-state index is 2.55. The fraction of sp³-hybridized carbons (Fsp3) is 0.227. The summed E-state index contributed by atoms with van der Waals surface area (Å²) in [5.74, 6) is 0. The van der Waals surface area contributed by atoms with Gasteiger partial charge in [-0.15, -0.1) is 33.7 Å². The molecule has 0 spiro atoms. The molecule has 1 aliphatic heterocycles. The summed E-state index contributed by atoms with van der Waals surface area (Å²) in [6, 6.07) is 16.6. The van der Waals surface area contributed by atoms with Crippen molar-refractivity contribution < 1.29 is 46.5 Å². The number of halogens is 2. The van der Waals surface area contributed by atoms with E-state index >= 15 is 0 Å². The van der Waals surface area contributed by atoms with E-state index in [-0.39, 0.29) is 46.5 Å². The summed E-state index contributed by atoms with van der Waals surface area (Å²) >= 11 is 0. The molecule has 26 heavy (non-hydrogen) atoms. The zero-order valence-electron chi connectivity index (χ0n) is 15.1. The average molecular weight is 432 g/mol. The molecule has 0 saturated carbocycles. The van der Waals surface area contributed by atoms with E-state index in [1.807, 2.05) is 0 Å². The Labute approximate surface area is 183 Å². The van der Waals surface area contributed by atoms with Crippen LogP contribution in [0, 0.1) is 0 Å². The zero-order valence-corrected chi connectivity index (χ0v) is 19.1. The summed E-state index contributed by atoms with van der Waals surface area (Å²) in [6.07, 6.45) is 7.97. The second-order valence-corrected chi connectivity index (χ2v) is 11.6. The van der Waals surface area contributed by atoms with Gasteiger partial charge in [-0.05, 0) is 6.42 Å². The first kappa shape index (κ1) is 21.6. The maximum absolute atomic E-state index is 2.55. The SMILES string of the molecule is CC[Si]1(CC)c2cc3c([cH-]c4ccccc43)c(C3=CC=CC3)c21.[Cl-].[Cl-].[Ti+3]. The Hall–Kier alpha value is -0.699. The molecule has 0 nitrogen and oxygen atoms in total. The van der Waals surface area contributed by atoms with Gasteiger partial charge in [-0.2, -0.15) is 0 Å². The van der Waals surface area contributed by atoms with Crippen LogP contribution in [0.3, 0.4) is 0 Å². The van der Waals surface area contributed by atoms with Crippen molar-refractivity contribution in [2.24, 2.45) is 0 Å². The molecule has 3 aromatic rings. The summed E-state index contributed by atoms with van der Waals surface area (Å²) in [5, 5.41) is 9.32. The quantitative estimate of drug-likeness (QED) is 0.367. The maximum Gasteiger partial charge on any atom is 3.00 e. The molecule has 3 aromatic carbocycles. The summed E-state index contributed by atoms with van der Waals surface area (Å²) in [5.41, 5.74) is 3.15. The first-order valence-corrected chi connectivity index (χ1v) is 11.2. The Kier molecular flexibility index (Phi) is 6.43. The molecule has 1 radical (unpaired) electrons. The molecule has 0 N–H and O–H groups in total. The van der Waals surface area contributed by atoms with Crippen LogP contribution in [0.25, 0.3) is 27.1 Å². The van der Waals surface area contributed by atoms with Crippen LogP contribution in [0.4, 0.5) is 0 Å². The van der Waals surface area contributed by atoms with Crippen molar-refractivity contribution in [1.82, 2.24) is 0 Å². The molecule has 2 aliphatic rings. The molecule has 0 unspecified atom stereocenters. The van der Waals surface area contributed by atoms with E-state index in [2.05, 4.69) is 68.5 Å². The van der Waals surface area contributed by atoms with E-state index in [1.165, 1.54) is 33.6 Å². The predicted octanol–water partition coefficient (Wildman–Crippen LogP) is -1.02. The number of rotatable bonds is 3. The van der Waals surface area contributed by atoms with Crippen LogP contribution in [0.5, 0.6) is 0 Å². The average Bonchev–Trinajstić information content (AvgIpc) is 2.95. The second kappa shape index (κ2) is 7.73. The molecule has 5 rings (SSSR count). The van der Waals surface area contributed by atoms with Crippen molar-refractivity contribution in [2.45, 2.75) is 32.4 Å². The molecule has 131 valence electrons. The topological polar surface area (TPSA) is 0 Å². The summed E-state index contributed by atoms with van der Waals surface area (Å²) in [6.45, 7) is 4.81. The molecule has 0 aromatic heterocycles. The fourth-order valence-corrected chi connectivity index (χ4v) is 9.46. The van der Waals surface area contributed by atoms with Crippen molar-refractivity contribution in [3.8, 4) is 0 Å². The standard InChI is InChI=1S/C22H21Si.2ClH.Ti/c1-3-23(4-2)20-14-18-17-12-8-7-11-16(17)13-19(18)21(22(20)23)15-9-5-6-10-15;;;/h5-9,11-14H,3-4,10H2,1-2H3;2*1H;/q-1;;;+3/p-2. The fourth-order valence-electron chi connectivity index (χ4n) is 4.80. The molecule has 4 heteroatoms. The first-order valence-electron chi connectivity index (χ1n) is 8.82. The molecule has 0 atom stereocenters. The van der Waals surface area contributed by atoms with Gasteiger partial charge in [0.25, 0.3) is 0 Å². The summed E-state index contributed by atoms with van der Waals surface area (Å²) < 4.78 is 0. The van der Waals surface area contributed by atoms with Gasteiger partial charge >= 0.3 is 21.7 Å². The van der Waals surface area contributed by atoms with Gasteiger partial charge in [0.1, 0.15) is 8.07 Å². The number of benzene rings is 2. The van der Waals surface area contributed by atoms with Crippen molar-refractivity contribution >= 4 is 45.6 Å². The molecule has 0 amide bonds. The smallest absolute Gasteiger partial charge is 1.00 e. The first-order chi connectivity index (χ1) is 11.3. The minimum absolute atomic E-state index is 0. The molecule has 1 heterocycles. The Morgan fingerprint density at radius 1 is 1.04 bits per heavy atom. The van der Waals surface area contributed by atoms with Gasteiger partial charge in [0, 0.05) is 0 Å². The van der Waals surface area contributed by atoms with Gasteiger partial charge in [-0.3, -0.25) is 0 Å². The van der Waals surface area contributed by atoms with Crippen molar-refractivity contribution in [3.63, 3.8) is 0 Å². The number of allylic oxidation sites excluding steroid dienone is 4. The Morgan fingerprint density at radius 3 is 2.42 bits per heavy atom. The zero-order chi connectivity index (χ0) is 15.6. The third-order valence-corrected chi connectivity index (χ3v) is 11.2. The van der Waals surface area contributed by atoms with Crippen molar-refractivity contribution in [2.75, 3.05) is 0 Å². The van der Waals surface area contributed by atoms with Gasteiger partial charge < -0.3 is 24.8 Å².